The van der Waals surface area contributed by atoms with E-state index in [-0.39, 0.29) is 12.4 Å². The SMILES string of the molecule is N=C(N)NCCC[C@H](NC(=O)[C@@H](N)Cc1ccccc1)C(=O)N[C@@H](CCCCN)C(N)=O. The Morgan fingerprint density at radius 3 is 2.12 bits per heavy atom. The molecule has 0 saturated carbocycles. The molecular formula is C21H36N8O3. The van der Waals surface area contributed by atoms with Crippen molar-refractivity contribution < 1.29 is 14.4 Å². The smallest absolute Gasteiger partial charge is 0.243 e. The topological polar surface area (TPSA) is 215 Å². The summed E-state index contributed by atoms with van der Waals surface area (Å²) in [6.07, 6.45) is 2.70. The van der Waals surface area contributed by atoms with Crippen molar-refractivity contribution in [1.29, 1.82) is 5.41 Å². The van der Waals surface area contributed by atoms with Gasteiger partial charge in [0.1, 0.15) is 12.1 Å². The molecule has 1 rings (SSSR count). The summed E-state index contributed by atoms with van der Waals surface area (Å²) >= 11 is 0. The molecule has 0 fully saturated rings. The number of unbranched alkanes of at least 4 members (excludes halogenated alkanes) is 1. The first kappa shape index (κ1) is 26.9. The van der Waals surface area contributed by atoms with Crippen molar-refractivity contribution in [2.75, 3.05) is 13.1 Å². The number of nitrogens with two attached hydrogens (primary N) is 4. The molecule has 1 aromatic carbocycles. The highest BCUT2D eigenvalue weighted by Crippen LogP contribution is 2.06. The maximum Gasteiger partial charge on any atom is 0.243 e. The van der Waals surface area contributed by atoms with Crippen LogP contribution in [0.3, 0.4) is 0 Å². The molecule has 178 valence electrons. The zero-order valence-electron chi connectivity index (χ0n) is 18.3. The molecule has 11 nitrogen and oxygen atoms in total. The van der Waals surface area contributed by atoms with Gasteiger partial charge in [0, 0.05) is 6.54 Å². The Bertz CT molecular complexity index is 744. The number of primary amides is 1. The molecule has 0 bridgehead atoms. The van der Waals surface area contributed by atoms with E-state index in [2.05, 4.69) is 16.0 Å². The highest BCUT2D eigenvalue weighted by Gasteiger charge is 2.27. The molecule has 1 aromatic rings. The highest BCUT2D eigenvalue weighted by molar-refractivity contribution is 5.92. The van der Waals surface area contributed by atoms with Crippen molar-refractivity contribution in [2.24, 2.45) is 22.9 Å². The minimum atomic E-state index is -0.922. The number of amides is 3. The van der Waals surface area contributed by atoms with Gasteiger partial charge in [-0.05, 0) is 50.6 Å². The molecular weight excluding hydrogens is 412 g/mol. The van der Waals surface area contributed by atoms with Crippen LogP contribution in [0.2, 0.25) is 0 Å². The summed E-state index contributed by atoms with van der Waals surface area (Å²) in [7, 11) is 0. The van der Waals surface area contributed by atoms with Crippen molar-refractivity contribution >= 4 is 23.7 Å². The predicted octanol–water partition coefficient (Wildman–Crippen LogP) is -1.60. The van der Waals surface area contributed by atoms with Crippen LogP contribution < -0.4 is 38.9 Å². The van der Waals surface area contributed by atoms with Crippen LogP contribution >= 0.6 is 0 Å². The highest BCUT2D eigenvalue weighted by atomic mass is 16.2. The van der Waals surface area contributed by atoms with E-state index < -0.39 is 35.8 Å². The lowest BCUT2D eigenvalue weighted by molar-refractivity contribution is -0.132. The third kappa shape index (κ3) is 10.7. The molecule has 0 unspecified atom stereocenters. The fraction of sp³-hybridized carbons (Fsp3) is 0.524. The normalized spacial score (nSPS) is 13.4. The van der Waals surface area contributed by atoms with Gasteiger partial charge in [0.2, 0.25) is 17.7 Å². The number of nitrogens with one attached hydrogen (secondary N) is 4. The van der Waals surface area contributed by atoms with E-state index in [4.69, 9.17) is 28.3 Å². The van der Waals surface area contributed by atoms with E-state index in [9.17, 15) is 14.4 Å². The van der Waals surface area contributed by atoms with Gasteiger partial charge in [0.15, 0.2) is 5.96 Å². The average Bonchev–Trinajstić information content (AvgIpc) is 2.75. The van der Waals surface area contributed by atoms with E-state index in [0.29, 0.717) is 45.2 Å². The largest absolute Gasteiger partial charge is 0.370 e. The molecule has 0 aliphatic rings. The van der Waals surface area contributed by atoms with Gasteiger partial charge < -0.3 is 38.9 Å². The maximum absolute atomic E-state index is 12.8. The molecule has 0 saturated heterocycles. The summed E-state index contributed by atoms with van der Waals surface area (Å²) in [4.78, 5) is 37.2. The van der Waals surface area contributed by atoms with Gasteiger partial charge in [-0.15, -0.1) is 0 Å². The second-order valence-electron chi connectivity index (χ2n) is 7.59. The molecule has 0 radical (unpaired) electrons. The number of carbonyl (C=O) groups excluding carboxylic acids is 3. The van der Waals surface area contributed by atoms with Gasteiger partial charge >= 0.3 is 0 Å². The standard InChI is InChI=1S/C21H36N8O3/c22-11-5-4-9-16(18(24)30)28-20(32)17(10-6-12-27-21(25)26)29-19(31)15(23)13-14-7-2-1-3-8-14/h1-3,7-8,15-17H,4-6,9-13,22-23H2,(H2,24,30)(H,28,32)(H,29,31)(H4,25,26,27)/t15-,16-,17-/m0/s1. The van der Waals surface area contributed by atoms with Crippen molar-refractivity contribution in [1.82, 2.24) is 16.0 Å². The Hall–Kier alpha value is -3.18. The van der Waals surface area contributed by atoms with E-state index >= 15 is 0 Å². The van der Waals surface area contributed by atoms with Crippen LogP contribution in [-0.2, 0) is 20.8 Å². The third-order valence-electron chi connectivity index (χ3n) is 4.86. The van der Waals surface area contributed by atoms with Crippen LogP contribution in [0.4, 0.5) is 0 Å². The summed E-state index contributed by atoms with van der Waals surface area (Å²) in [5, 5.41) is 15.1. The Morgan fingerprint density at radius 2 is 1.53 bits per heavy atom. The summed E-state index contributed by atoms with van der Waals surface area (Å²) in [6.45, 7) is 0.821. The summed E-state index contributed by atoms with van der Waals surface area (Å²) in [5.74, 6) is -1.84. The van der Waals surface area contributed by atoms with E-state index in [1.165, 1.54) is 0 Å². The zero-order chi connectivity index (χ0) is 23.9. The molecule has 0 heterocycles. The molecule has 0 aliphatic heterocycles. The molecule has 0 aliphatic carbocycles. The average molecular weight is 449 g/mol. The van der Waals surface area contributed by atoms with Gasteiger partial charge in [-0.2, -0.15) is 0 Å². The Balaban J connectivity index is 2.78. The van der Waals surface area contributed by atoms with Gasteiger partial charge in [0.25, 0.3) is 0 Å². The van der Waals surface area contributed by atoms with E-state index in [1.54, 1.807) is 0 Å². The number of hydrogen-bond acceptors (Lipinski definition) is 6. The van der Waals surface area contributed by atoms with Crippen molar-refractivity contribution in [3.05, 3.63) is 35.9 Å². The molecule has 12 N–H and O–H groups in total. The molecule has 3 amide bonds. The number of rotatable bonds is 15. The lowest BCUT2D eigenvalue weighted by Crippen LogP contribution is -2.55. The maximum atomic E-state index is 12.8. The summed E-state index contributed by atoms with van der Waals surface area (Å²) < 4.78 is 0. The van der Waals surface area contributed by atoms with Crippen LogP contribution in [0.25, 0.3) is 0 Å². The van der Waals surface area contributed by atoms with Gasteiger partial charge in [-0.25, -0.2) is 0 Å². The Labute approximate surface area is 188 Å². The number of benzene rings is 1. The minimum absolute atomic E-state index is 0.186. The lowest BCUT2D eigenvalue weighted by atomic mass is 10.0. The zero-order valence-corrected chi connectivity index (χ0v) is 18.3. The van der Waals surface area contributed by atoms with Crippen molar-refractivity contribution in [3.8, 4) is 0 Å². The summed E-state index contributed by atoms with van der Waals surface area (Å²) in [5.41, 5.74) is 23.1. The second kappa shape index (κ2) is 14.8. The monoisotopic (exact) mass is 448 g/mol. The lowest BCUT2D eigenvalue weighted by Gasteiger charge is -2.23. The molecule has 0 aromatic heterocycles. The van der Waals surface area contributed by atoms with Gasteiger partial charge in [-0.1, -0.05) is 30.3 Å². The van der Waals surface area contributed by atoms with Gasteiger partial charge in [0.05, 0.1) is 6.04 Å². The number of hydrogen-bond donors (Lipinski definition) is 8. The number of guanidine groups is 1. The first-order valence-corrected chi connectivity index (χ1v) is 10.7. The molecule has 3 atom stereocenters. The third-order valence-corrected chi connectivity index (χ3v) is 4.86. The Kier molecular flexibility index (Phi) is 12.4. The predicted molar refractivity (Wildman–Crippen MR) is 123 cm³/mol. The van der Waals surface area contributed by atoms with Crippen LogP contribution in [0.5, 0.6) is 0 Å². The fourth-order valence-corrected chi connectivity index (χ4v) is 3.09. The van der Waals surface area contributed by atoms with Crippen LogP contribution in [0.1, 0.15) is 37.7 Å². The van der Waals surface area contributed by atoms with Crippen LogP contribution in [0.15, 0.2) is 30.3 Å². The van der Waals surface area contributed by atoms with E-state index in [0.717, 1.165) is 5.56 Å². The van der Waals surface area contributed by atoms with Crippen molar-refractivity contribution in [3.63, 3.8) is 0 Å². The quantitative estimate of drug-likeness (QED) is 0.0892. The van der Waals surface area contributed by atoms with Crippen molar-refractivity contribution in [2.45, 2.75) is 56.7 Å². The molecule has 0 spiro atoms. The number of carbonyl (C=O) groups is 3. The Morgan fingerprint density at radius 1 is 0.906 bits per heavy atom. The fourth-order valence-electron chi connectivity index (χ4n) is 3.09. The van der Waals surface area contributed by atoms with Crippen LogP contribution in [-0.4, -0.2) is 54.9 Å². The minimum Gasteiger partial charge on any atom is -0.370 e. The van der Waals surface area contributed by atoms with Crippen LogP contribution in [0, 0.1) is 5.41 Å². The molecule has 32 heavy (non-hydrogen) atoms. The van der Waals surface area contributed by atoms with Gasteiger partial charge in [-0.3, -0.25) is 19.8 Å². The first-order valence-electron chi connectivity index (χ1n) is 10.7. The van der Waals surface area contributed by atoms with E-state index in [1.807, 2.05) is 30.3 Å². The second-order valence-corrected chi connectivity index (χ2v) is 7.59. The molecule has 11 heteroatoms. The first-order chi connectivity index (χ1) is 15.2. The summed E-state index contributed by atoms with van der Waals surface area (Å²) in [6, 6.07) is 6.68.